The van der Waals surface area contributed by atoms with Crippen LogP contribution in [0.1, 0.15) is 30.7 Å². The molecule has 0 aliphatic heterocycles. The number of benzene rings is 2. The minimum Gasteiger partial charge on any atom is -0.490 e. The number of halogens is 4. The molecule has 2 N–H and O–H groups in total. The number of hydrazone groups is 1. The average Bonchev–Trinajstić information content (AvgIpc) is 3.30. The Hall–Kier alpha value is -3.84. The van der Waals surface area contributed by atoms with E-state index in [-0.39, 0.29) is 41.8 Å². The summed E-state index contributed by atoms with van der Waals surface area (Å²) in [7, 11) is 0. The number of rotatable bonds is 12. The second-order valence-electron chi connectivity index (χ2n) is 7.67. The number of aromatic nitrogens is 1. The Labute approximate surface area is 230 Å². The van der Waals surface area contributed by atoms with Gasteiger partial charge in [0, 0.05) is 11.1 Å². The first-order chi connectivity index (χ1) is 18.6. The third-order valence-corrected chi connectivity index (χ3v) is 5.80. The predicted molar refractivity (Wildman–Crippen MR) is 141 cm³/mol. The van der Waals surface area contributed by atoms with Gasteiger partial charge in [-0.3, -0.25) is 4.79 Å². The highest BCUT2D eigenvalue weighted by Crippen LogP contribution is 2.36. The van der Waals surface area contributed by atoms with Crippen molar-refractivity contribution in [2.45, 2.75) is 26.4 Å². The summed E-state index contributed by atoms with van der Waals surface area (Å²) in [6.45, 7) is 3.63. The first kappa shape index (κ1) is 29.7. The molecule has 3 aromatic rings. The molecule has 0 bridgehead atoms. The fraction of sp³-hybridized carbons (Fsp3) is 0.280. The van der Waals surface area contributed by atoms with Crippen LogP contribution in [-0.2, 0) is 26.9 Å². The van der Waals surface area contributed by atoms with Crippen molar-refractivity contribution >= 4 is 51.8 Å². The predicted octanol–water partition coefficient (Wildman–Crippen LogP) is 5.59. The molecule has 14 heteroatoms. The molecule has 0 atom stereocenters. The van der Waals surface area contributed by atoms with Crippen LogP contribution >= 0.6 is 22.9 Å². The molecule has 1 aromatic heterocycles. The zero-order valence-electron chi connectivity index (χ0n) is 20.8. The molecular weight excluding hydrogens is 561 g/mol. The largest absolute Gasteiger partial charge is 0.490 e. The Morgan fingerprint density at radius 2 is 1.95 bits per heavy atom. The lowest BCUT2D eigenvalue weighted by atomic mass is 10.2. The van der Waals surface area contributed by atoms with Gasteiger partial charge in [-0.05, 0) is 49.7 Å². The number of carbonyl (C=O) groups is 2. The van der Waals surface area contributed by atoms with Gasteiger partial charge in [0.15, 0.2) is 23.2 Å². The minimum absolute atomic E-state index is 0.107. The molecule has 0 unspecified atom stereocenters. The average molecular weight is 585 g/mol. The van der Waals surface area contributed by atoms with Gasteiger partial charge in [-0.2, -0.15) is 18.3 Å². The molecule has 1 amide bonds. The van der Waals surface area contributed by atoms with E-state index in [0.29, 0.717) is 23.0 Å². The first-order valence-corrected chi connectivity index (χ1v) is 12.8. The van der Waals surface area contributed by atoms with E-state index in [2.05, 4.69) is 20.8 Å². The summed E-state index contributed by atoms with van der Waals surface area (Å²) in [6.07, 6.45) is -3.22. The molecule has 0 aliphatic carbocycles. The fourth-order valence-corrected chi connectivity index (χ4v) is 4.13. The van der Waals surface area contributed by atoms with Gasteiger partial charge in [0.1, 0.15) is 0 Å². The topological polar surface area (TPSA) is 111 Å². The number of hydrogen-bond acceptors (Lipinski definition) is 9. The zero-order chi connectivity index (χ0) is 28.4. The van der Waals surface area contributed by atoms with E-state index in [4.69, 9.17) is 25.8 Å². The molecule has 2 aromatic carbocycles. The van der Waals surface area contributed by atoms with E-state index >= 15 is 0 Å². The molecule has 0 radical (unpaired) electrons. The molecule has 1 heterocycles. The molecule has 0 fully saturated rings. The van der Waals surface area contributed by atoms with Gasteiger partial charge in [0.05, 0.1) is 42.1 Å². The van der Waals surface area contributed by atoms with E-state index < -0.39 is 23.6 Å². The van der Waals surface area contributed by atoms with Gasteiger partial charge in [0.2, 0.25) is 5.91 Å². The van der Waals surface area contributed by atoms with Crippen molar-refractivity contribution in [3.63, 3.8) is 0 Å². The van der Waals surface area contributed by atoms with Crippen LogP contribution in [0.5, 0.6) is 11.5 Å². The number of esters is 1. The van der Waals surface area contributed by atoms with Crippen LogP contribution in [0.4, 0.5) is 24.0 Å². The van der Waals surface area contributed by atoms with Gasteiger partial charge in [0.25, 0.3) is 0 Å². The molecule has 3 rings (SSSR count). The fourth-order valence-electron chi connectivity index (χ4n) is 3.12. The van der Waals surface area contributed by atoms with Gasteiger partial charge in [-0.15, -0.1) is 11.3 Å². The smallest absolute Gasteiger partial charge is 0.416 e. The molecule has 0 aliphatic rings. The third-order valence-electron chi connectivity index (χ3n) is 4.71. The highest BCUT2D eigenvalue weighted by atomic mass is 35.5. The van der Waals surface area contributed by atoms with Crippen molar-refractivity contribution in [3.05, 3.63) is 63.6 Å². The Bertz CT molecular complexity index is 1330. The van der Waals surface area contributed by atoms with Crippen molar-refractivity contribution < 1.29 is 37.0 Å². The van der Waals surface area contributed by atoms with E-state index in [0.717, 1.165) is 23.5 Å². The SMILES string of the molecule is CCOC(=O)COc1c(Cl)cc(/C=N\NC(=O)Cc2csc(Nc3cccc(C(F)(F)F)c3)n2)cc1OCC. The number of nitrogens with zero attached hydrogens (tertiary/aromatic N) is 2. The monoisotopic (exact) mass is 584 g/mol. The van der Waals surface area contributed by atoms with Gasteiger partial charge in [-0.25, -0.2) is 15.2 Å². The summed E-state index contributed by atoms with van der Waals surface area (Å²) >= 11 is 7.44. The van der Waals surface area contributed by atoms with Crippen LogP contribution in [-0.4, -0.2) is 42.9 Å². The quantitative estimate of drug-likeness (QED) is 0.162. The molecule has 0 spiro atoms. The van der Waals surface area contributed by atoms with Crippen LogP contribution in [0.25, 0.3) is 0 Å². The van der Waals surface area contributed by atoms with Crippen LogP contribution in [0, 0.1) is 0 Å². The summed E-state index contributed by atoms with van der Waals surface area (Å²) in [5, 5.41) is 8.84. The van der Waals surface area contributed by atoms with Crippen LogP contribution in [0.3, 0.4) is 0 Å². The standard InChI is InChI=1S/C25H24ClF3N4O5S/c1-3-36-20-9-15(8-19(26)23(20)38-13-22(35)37-4-2)12-30-33-21(34)11-18-14-39-24(32-18)31-17-7-5-6-16(10-17)25(27,28)29/h5-10,12,14H,3-4,11,13H2,1-2H3,(H,31,32)(H,33,34)/b30-12-. The molecule has 9 nitrogen and oxygen atoms in total. The maximum absolute atomic E-state index is 12.9. The summed E-state index contributed by atoms with van der Waals surface area (Å²) < 4.78 is 54.6. The Kier molecular flexibility index (Phi) is 10.5. The molecule has 208 valence electrons. The van der Waals surface area contributed by atoms with E-state index in [1.807, 2.05) is 0 Å². The summed E-state index contributed by atoms with van der Waals surface area (Å²) in [5.74, 6) is -0.563. The van der Waals surface area contributed by atoms with Crippen molar-refractivity contribution in [2.75, 3.05) is 25.1 Å². The minimum atomic E-state index is -4.46. The van der Waals surface area contributed by atoms with Gasteiger partial charge in [-0.1, -0.05) is 17.7 Å². The summed E-state index contributed by atoms with van der Waals surface area (Å²) in [4.78, 5) is 28.1. The lowest BCUT2D eigenvalue weighted by Crippen LogP contribution is -2.20. The number of nitrogens with one attached hydrogen (secondary N) is 2. The number of amides is 1. The zero-order valence-corrected chi connectivity index (χ0v) is 22.4. The van der Waals surface area contributed by atoms with Crippen molar-refractivity contribution in [1.29, 1.82) is 0 Å². The Morgan fingerprint density at radius 3 is 2.67 bits per heavy atom. The van der Waals surface area contributed by atoms with Crippen molar-refractivity contribution in [3.8, 4) is 11.5 Å². The van der Waals surface area contributed by atoms with E-state index in [9.17, 15) is 22.8 Å². The number of alkyl halides is 3. The number of carbonyl (C=O) groups excluding carboxylic acids is 2. The lowest BCUT2D eigenvalue weighted by molar-refractivity contribution is -0.145. The van der Waals surface area contributed by atoms with Crippen LogP contribution in [0.2, 0.25) is 5.02 Å². The maximum atomic E-state index is 12.9. The number of thiazole rings is 1. The molecule has 0 saturated carbocycles. The third kappa shape index (κ3) is 9.14. The Morgan fingerprint density at radius 1 is 1.15 bits per heavy atom. The molecular formula is C25H24ClF3N4O5S. The van der Waals surface area contributed by atoms with Gasteiger partial charge < -0.3 is 19.5 Å². The maximum Gasteiger partial charge on any atom is 0.416 e. The summed E-state index contributed by atoms with van der Waals surface area (Å²) in [6, 6.07) is 7.83. The molecule has 0 saturated heterocycles. The highest BCUT2D eigenvalue weighted by Gasteiger charge is 2.30. The normalized spacial score (nSPS) is 11.3. The second kappa shape index (κ2) is 13.8. The van der Waals surface area contributed by atoms with E-state index in [1.54, 1.807) is 25.3 Å². The first-order valence-electron chi connectivity index (χ1n) is 11.5. The van der Waals surface area contributed by atoms with Crippen molar-refractivity contribution in [2.24, 2.45) is 5.10 Å². The molecule has 39 heavy (non-hydrogen) atoms. The lowest BCUT2D eigenvalue weighted by Gasteiger charge is -2.14. The highest BCUT2D eigenvalue weighted by molar-refractivity contribution is 7.13. The van der Waals surface area contributed by atoms with Crippen LogP contribution < -0.4 is 20.2 Å². The number of hydrogen-bond donors (Lipinski definition) is 2. The number of ether oxygens (including phenoxy) is 3. The second-order valence-corrected chi connectivity index (χ2v) is 8.94. The van der Waals surface area contributed by atoms with Gasteiger partial charge >= 0.3 is 12.1 Å². The van der Waals surface area contributed by atoms with Crippen LogP contribution in [0.15, 0.2) is 46.9 Å². The van der Waals surface area contributed by atoms with E-state index in [1.165, 1.54) is 24.4 Å². The summed E-state index contributed by atoms with van der Waals surface area (Å²) in [5.41, 5.74) is 2.72. The van der Waals surface area contributed by atoms with Crippen molar-refractivity contribution in [1.82, 2.24) is 10.4 Å². The Balaban J connectivity index is 1.58. The number of anilines is 2.